The first-order valence-corrected chi connectivity index (χ1v) is 7.24. The van der Waals surface area contributed by atoms with Crippen LogP contribution in [0.15, 0.2) is 29.3 Å². The quantitative estimate of drug-likeness (QED) is 0.647. The first kappa shape index (κ1) is 17.2. The van der Waals surface area contributed by atoms with Gasteiger partial charge in [-0.25, -0.2) is 4.99 Å². The van der Waals surface area contributed by atoms with Crippen molar-refractivity contribution in [3.05, 3.63) is 24.3 Å². The van der Waals surface area contributed by atoms with E-state index in [9.17, 15) is 4.79 Å². The van der Waals surface area contributed by atoms with Gasteiger partial charge in [-0.3, -0.25) is 4.79 Å². The molecule has 1 aromatic carbocycles. The van der Waals surface area contributed by atoms with Gasteiger partial charge < -0.3 is 16.0 Å². The van der Waals surface area contributed by atoms with Gasteiger partial charge in [0.05, 0.1) is 11.7 Å². The molecule has 0 aromatic heterocycles. The average Bonchev–Trinajstić information content (AvgIpc) is 2.47. The minimum Gasteiger partial charge on any atom is -0.366 e. The highest BCUT2D eigenvalue weighted by Gasteiger charge is 2.19. The molecule has 3 N–H and O–H groups in total. The Balaban J connectivity index is 2.71. The Morgan fingerprint density at radius 2 is 1.90 bits per heavy atom. The van der Waals surface area contributed by atoms with Crippen molar-refractivity contribution in [1.29, 1.82) is 0 Å². The Morgan fingerprint density at radius 3 is 2.38 bits per heavy atom. The Labute approximate surface area is 127 Å². The zero-order valence-corrected chi connectivity index (χ0v) is 13.6. The molecule has 0 saturated carbocycles. The van der Waals surface area contributed by atoms with Crippen molar-refractivity contribution in [2.45, 2.75) is 33.2 Å². The smallest absolute Gasteiger partial charge is 0.241 e. The Hall–Kier alpha value is -1.88. The van der Waals surface area contributed by atoms with Crippen LogP contribution >= 0.6 is 0 Å². The number of benzene rings is 1. The number of hydrogen-bond acceptors (Lipinski definition) is 3. The van der Waals surface area contributed by atoms with Crippen LogP contribution in [0.1, 0.15) is 27.2 Å². The third kappa shape index (κ3) is 5.19. The average molecular weight is 290 g/mol. The van der Waals surface area contributed by atoms with Gasteiger partial charge in [0.25, 0.3) is 0 Å². The summed E-state index contributed by atoms with van der Waals surface area (Å²) in [6.07, 6.45) is 0.881. The number of aliphatic imine (C=N–C) groups is 1. The zero-order chi connectivity index (χ0) is 16.0. The number of anilines is 1. The number of rotatable bonds is 5. The van der Waals surface area contributed by atoms with Crippen molar-refractivity contribution >= 4 is 23.1 Å². The summed E-state index contributed by atoms with van der Waals surface area (Å²) in [5.74, 6) is 0.937. The van der Waals surface area contributed by atoms with Gasteiger partial charge in [0.2, 0.25) is 5.91 Å². The van der Waals surface area contributed by atoms with E-state index in [0.29, 0.717) is 0 Å². The summed E-state index contributed by atoms with van der Waals surface area (Å²) in [6, 6.07) is 6.93. The molecular weight excluding hydrogens is 264 g/mol. The van der Waals surface area contributed by atoms with Gasteiger partial charge in [0.1, 0.15) is 5.84 Å². The second-order valence-corrected chi connectivity index (χ2v) is 5.50. The monoisotopic (exact) mass is 290 g/mol. The molecule has 116 valence electrons. The van der Waals surface area contributed by atoms with Crippen LogP contribution in [0.2, 0.25) is 0 Å². The first-order valence-electron chi connectivity index (χ1n) is 7.24. The number of nitrogens with one attached hydrogen (secondary N) is 1. The molecule has 0 aliphatic rings. The van der Waals surface area contributed by atoms with Crippen molar-refractivity contribution in [1.82, 2.24) is 4.90 Å². The number of carbonyl (C=O) groups is 1. The molecule has 0 heterocycles. The fourth-order valence-corrected chi connectivity index (χ4v) is 1.64. The third-order valence-electron chi connectivity index (χ3n) is 3.63. The fourth-order valence-electron chi connectivity index (χ4n) is 1.64. The molecular formula is C16H26N4O. The summed E-state index contributed by atoms with van der Waals surface area (Å²) in [5, 5.41) is 2.84. The summed E-state index contributed by atoms with van der Waals surface area (Å²) in [6.45, 7) is 5.95. The molecule has 0 spiro atoms. The molecule has 0 radical (unpaired) electrons. The van der Waals surface area contributed by atoms with E-state index in [-0.39, 0.29) is 11.8 Å². The lowest BCUT2D eigenvalue weighted by Gasteiger charge is -2.17. The Morgan fingerprint density at radius 1 is 1.33 bits per heavy atom. The highest BCUT2D eigenvalue weighted by Crippen LogP contribution is 2.17. The van der Waals surface area contributed by atoms with Gasteiger partial charge in [-0.1, -0.05) is 20.3 Å². The largest absolute Gasteiger partial charge is 0.366 e. The van der Waals surface area contributed by atoms with E-state index in [2.05, 4.69) is 10.3 Å². The molecule has 21 heavy (non-hydrogen) atoms. The molecule has 0 bridgehead atoms. The van der Waals surface area contributed by atoms with Crippen molar-refractivity contribution in [3.8, 4) is 0 Å². The predicted molar refractivity (Wildman–Crippen MR) is 89.0 cm³/mol. The highest BCUT2D eigenvalue weighted by atomic mass is 16.2. The number of carbonyl (C=O) groups excluding carboxylic acids is 1. The van der Waals surface area contributed by atoms with E-state index in [1.807, 2.05) is 64.0 Å². The first-order chi connectivity index (χ1) is 9.85. The SMILES string of the molecule is CCC(C)[C@H](N)C(=O)Nc1ccc(/N=C(\C)N(C)C)cc1. The maximum absolute atomic E-state index is 12.0. The predicted octanol–water partition coefficient (Wildman–Crippen LogP) is 2.61. The lowest BCUT2D eigenvalue weighted by Crippen LogP contribution is -2.40. The Bertz CT molecular complexity index is 494. The van der Waals surface area contributed by atoms with E-state index in [0.717, 1.165) is 23.6 Å². The van der Waals surface area contributed by atoms with Crippen LogP contribution in [-0.2, 0) is 4.79 Å². The second kappa shape index (κ2) is 7.78. The van der Waals surface area contributed by atoms with Crippen LogP contribution < -0.4 is 11.1 Å². The topological polar surface area (TPSA) is 70.7 Å². The van der Waals surface area contributed by atoms with Crippen LogP contribution in [0.3, 0.4) is 0 Å². The van der Waals surface area contributed by atoms with Gasteiger partial charge in [0.15, 0.2) is 0 Å². The minimum absolute atomic E-state index is 0.148. The van der Waals surface area contributed by atoms with Crippen LogP contribution in [0, 0.1) is 5.92 Å². The minimum atomic E-state index is -0.483. The lowest BCUT2D eigenvalue weighted by atomic mass is 9.99. The van der Waals surface area contributed by atoms with Crippen LogP contribution in [-0.4, -0.2) is 36.8 Å². The number of nitrogens with zero attached hydrogens (tertiary/aromatic N) is 2. The second-order valence-electron chi connectivity index (χ2n) is 5.50. The van der Waals surface area contributed by atoms with Crippen molar-refractivity contribution < 1.29 is 4.79 Å². The van der Waals surface area contributed by atoms with Crippen molar-refractivity contribution in [2.75, 3.05) is 19.4 Å². The number of amides is 1. The number of nitrogens with two attached hydrogens (primary N) is 1. The van der Waals surface area contributed by atoms with Crippen LogP contribution in [0.25, 0.3) is 0 Å². The number of hydrogen-bond donors (Lipinski definition) is 2. The molecule has 2 atom stereocenters. The van der Waals surface area contributed by atoms with Crippen LogP contribution in [0.4, 0.5) is 11.4 Å². The van der Waals surface area contributed by atoms with Gasteiger partial charge in [-0.15, -0.1) is 0 Å². The molecule has 0 aliphatic carbocycles. The van der Waals surface area contributed by atoms with E-state index < -0.39 is 6.04 Å². The maximum Gasteiger partial charge on any atom is 0.241 e. The van der Waals surface area contributed by atoms with E-state index in [4.69, 9.17) is 5.73 Å². The van der Waals surface area contributed by atoms with Gasteiger partial charge in [0, 0.05) is 19.8 Å². The van der Waals surface area contributed by atoms with E-state index in [1.165, 1.54) is 0 Å². The molecule has 5 heteroatoms. The van der Waals surface area contributed by atoms with Gasteiger partial charge in [-0.05, 0) is 37.1 Å². The maximum atomic E-state index is 12.0. The summed E-state index contributed by atoms with van der Waals surface area (Å²) in [5.41, 5.74) is 7.50. The van der Waals surface area contributed by atoms with Crippen molar-refractivity contribution in [2.24, 2.45) is 16.6 Å². The molecule has 0 aliphatic heterocycles. The lowest BCUT2D eigenvalue weighted by molar-refractivity contribution is -0.118. The van der Waals surface area contributed by atoms with Gasteiger partial charge in [-0.2, -0.15) is 0 Å². The fraction of sp³-hybridized carbons (Fsp3) is 0.500. The molecule has 1 amide bonds. The zero-order valence-electron chi connectivity index (χ0n) is 13.6. The van der Waals surface area contributed by atoms with Gasteiger partial charge >= 0.3 is 0 Å². The number of amidine groups is 1. The molecule has 0 saturated heterocycles. The summed E-state index contributed by atoms with van der Waals surface area (Å²) in [4.78, 5) is 18.4. The molecule has 0 fully saturated rings. The van der Waals surface area contributed by atoms with E-state index in [1.54, 1.807) is 0 Å². The molecule has 1 unspecified atom stereocenters. The van der Waals surface area contributed by atoms with Crippen molar-refractivity contribution in [3.63, 3.8) is 0 Å². The summed E-state index contributed by atoms with van der Waals surface area (Å²) in [7, 11) is 3.90. The highest BCUT2D eigenvalue weighted by molar-refractivity contribution is 5.95. The molecule has 1 rings (SSSR count). The summed E-state index contributed by atoms with van der Waals surface area (Å²) >= 11 is 0. The summed E-state index contributed by atoms with van der Waals surface area (Å²) < 4.78 is 0. The third-order valence-corrected chi connectivity index (χ3v) is 3.63. The molecule has 1 aromatic rings. The Kier molecular flexibility index (Phi) is 6.37. The van der Waals surface area contributed by atoms with Crippen LogP contribution in [0.5, 0.6) is 0 Å². The normalized spacial score (nSPS) is 14.5. The van der Waals surface area contributed by atoms with E-state index >= 15 is 0 Å². The standard InChI is InChI=1S/C16H26N4O/c1-6-11(2)15(17)16(21)19-14-9-7-13(8-10-14)18-12(3)20(4)5/h7-11,15H,6,17H2,1-5H3,(H,19,21)/b18-12+/t11?,15-/m0/s1. The molecule has 5 nitrogen and oxygen atoms in total.